The van der Waals surface area contributed by atoms with Crippen LogP contribution in [0.1, 0.15) is 19.4 Å². The van der Waals surface area contributed by atoms with Gasteiger partial charge in [-0.25, -0.2) is 12.7 Å². The molecule has 4 nitrogen and oxygen atoms in total. The molecule has 1 aliphatic rings. The molecule has 0 radical (unpaired) electrons. The molecule has 0 spiro atoms. The molecule has 0 N–H and O–H groups in total. The van der Waals surface area contributed by atoms with Crippen LogP contribution in [0.3, 0.4) is 0 Å². The van der Waals surface area contributed by atoms with E-state index in [2.05, 4.69) is 15.9 Å². The lowest BCUT2D eigenvalue weighted by atomic mass is 10.1. The summed E-state index contributed by atoms with van der Waals surface area (Å²) in [5.74, 6) is -0.386. The predicted octanol–water partition coefficient (Wildman–Crippen LogP) is 2.21. The first-order valence-corrected chi connectivity index (χ1v) is 7.28. The predicted molar refractivity (Wildman–Crippen MR) is 69.4 cm³/mol. The minimum Gasteiger partial charge on any atom is -0.272 e. The van der Waals surface area contributed by atoms with E-state index in [1.807, 2.05) is 0 Å². The van der Waals surface area contributed by atoms with Gasteiger partial charge in [-0.3, -0.25) is 4.79 Å². The van der Waals surface area contributed by atoms with Crippen LogP contribution in [-0.4, -0.2) is 19.1 Å². The standard InChI is InChI=1S/C11H12BrNO3S/c1-7-6-8(12)4-5-9(7)13-10(14)11(2,3)17(13,15)16/h4-6H,1-3H3. The number of nitrogens with zero attached hydrogens (tertiary/aromatic N) is 1. The zero-order valence-corrected chi connectivity index (χ0v) is 12.1. The van der Waals surface area contributed by atoms with Crippen molar-refractivity contribution in [3.8, 4) is 0 Å². The molecular formula is C11H12BrNO3S. The molecule has 1 amide bonds. The van der Waals surface area contributed by atoms with Crippen molar-refractivity contribution < 1.29 is 13.2 Å². The number of anilines is 1. The monoisotopic (exact) mass is 317 g/mol. The molecule has 17 heavy (non-hydrogen) atoms. The highest BCUT2D eigenvalue weighted by Crippen LogP contribution is 2.40. The second-order valence-corrected chi connectivity index (χ2v) is 7.77. The summed E-state index contributed by atoms with van der Waals surface area (Å²) in [6, 6.07) is 5.13. The van der Waals surface area contributed by atoms with E-state index < -0.39 is 14.8 Å². The molecular weight excluding hydrogens is 306 g/mol. The molecule has 1 saturated heterocycles. The fourth-order valence-corrected chi connectivity index (χ4v) is 3.76. The Morgan fingerprint density at radius 2 is 1.88 bits per heavy atom. The van der Waals surface area contributed by atoms with Crippen molar-refractivity contribution in [1.82, 2.24) is 0 Å². The van der Waals surface area contributed by atoms with Gasteiger partial charge in [0.05, 0.1) is 5.69 Å². The van der Waals surface area contributed by atoms with Gasteiger partial charge in [0.15, 0.2) is 4.75 Å². The highest BCUT2D eigenvalue weighted by molar-refractivity contribution is 9.10. The van der Waals surface area contributed by atoms with Crippen LogP contribution < -0.4 is 4.31 Å². The normalized spacial score (nSPS) is 21.2. The Bertz CT molecular complexity index is 607. The summed E-state index contributed by atoms with van der Waals surface area (Å²) < 4.78 is 24.4. The molecule has 1 aromatic carbocycles. The summed E-state index contributed by atoms with van der Waals surface area (Å²) in [4.78, 5) is 11.9. The number of hydrogen-bond donors (Lipinski definition) is 0. The topological polar surface area (TPSA) is 54.5 Å². The molecule has 0 bridgehead atoms. The zero-order chi connectivity index (χ0) is 13.0. The molecule has 2 rings (SSSR count). The third-order valence-electron chi connectivity index (χ3n) is 2.96. The van der Waals surface area contributed by atoms with Crippen LogP contribution in [0.2, 0.25) is 0 Å². The average molecular weight is 318 g/mol. The van der Waals surface area contributed by atoms with Crippen LogP contribution >= 0.6 is 15.9 Å². The van der Waals surface area contributed by atoms with Gasteiger partial charge in [-0.1, -0.05) is 15.9 Å². The Kier molecular flexibility index (Phi) is 2.63. The van der Waals surface area contributed by atoms with E-state index in [-0.39, 0.29) is 5.91 Å². The maximum absolute atomic E-state index is 12.0. The Morgan fingerprint density at radius 1 is 1.29 bits per heavy atom. The first kappa shape index (κ1) is 12.6. The number of carbonyl (C=O) groups is 1. The molecule has 1 fully saturated rings. The lowest BCUT2D eigenvalue weighted by Gasteiger charge is -2.43. The quantitative estimate of drug-likeness (QED) is 0.798. The van der Waals surface area contributed by atoms with Crippen molar-refractivity contribution in [1.29, 1.82) is 0 Å². The Balaban J connectivity index is 2.55. The second kappa shape index (κ2) is 3.55. The number of hydrogen-bond acceptors (Lipinski definition) is 3. The van der Waals surface area contributed by atoms with Crippen molar-refractivity contribution in [2.45, 2.75) is 25.5 Å². The first-order chi connectivity index (χ1) is 7.69. The van der Waals surface area contributed by atoms with E-state index in [1.54, 1.807) is 25.1 Å². The minimum absolute atomic E-state index is 0.386. The summed E-state index contributed by atoms with van der Waals surface area (Å²) in [6.45, 7) is 4.62. The molecule has 0 aromatic heterocycles. The van der Waals surface area contributed by atoms with E-state index in [1.165, 1.54) is 13.8 Å². The van der Waals surface area contributed by atoms with Crippen LogP contribution in [0.15, 0.2) is 22.7 Å². The van der Waals surface area contributed by atoms with E-state index in [9.17, 15) is 13.2 Å². The van der Waals surface area contributed by atoms with Gasteiger partial charge >= 0.3 is 0 Å². The second-order valence-electron chi connectivity index (χ2n) is 4.52. The van der Waals surface area contributed by atoms with Crippen molar-refractivity contribution >= 4 is 37.5 Å². The van der Waals surface area contributed by atoms with Crippen molar-refractivity contribution in [2.75, 3.05) is 4.31 Å². The fourth-order valence-electron chi connectivity index (χ4n) is 1.74. The molecule has 1 aliphatic heterocycles. The average Bonchev–Trinajstić information content (AvgIpc) is 2.21. The van der Waals surface area contributed by atoms with Crippen molar-refractivity contribution in [2.24, 2.45) is 0 Å². The lowest BCUT2D eigenvalue weighted by Crippen LogP contribution is -2.67. The number of amides is 1. The van der Waals surface area contributed by atoms with Gasteiger partial charge in [0.1, 0.15) is 0 Å². The lowest BCUT2D eigenvalue weighted by molar-refractivity contribution is -0.120. The van der Waals surface area contributed by atoms with Crippen molar-refractivity contribution in [3.63, 3.8) is 0 Å². The van der Waals surface area contributed by atoms with Gasteiger partial charge < -0.3 is 0 Å². The van der Waals surface area contributed by atoms with Gasteiger partial charge in [0, 0.05) is 4.47 Å². The summed E-state index contributed by atoms with van der Waals surface area (Å²) in [7, 11) is -3.57. The highest BCUT2D eigenvalue weighted by atomic mass is 79.9. The zero-order valence-electron chi connectivity index (χ0n) is 9.69. The Morgan fingerprint density at radius 3 is 2.35 bits per heavy atom. The van der Waals surface area contributed by atoms with E-state index >= 15 is 0 Å². The summed E-state index contributed by atoms with van der Waals surface area (Å²) in [5.41, 5.74) is 1.17. The van der Waals surface area contributed by atoms with E-state index in [4.69, 9.17) is 0 Å². The number of sulfonamides is 1. The number of benzene rings is 1. The SMILES string of the molecule is Cc1cc(Br)ccc1N1C(=O)C(C)(C)S1(=O)=O. The summed E-state index contributed by atoms with van der Waals surface area (Å²) >= 11 is 3.30. The molecule has 1 aromatic rings. The maximum atomic E-state index is 12.0. The highest BCUT2D eigenvalue weighted by Gasteiger charge is 2.61. The molecule has 92 valence electrons. The Labute approximate surface area is 109 Å². The Hall–Kier alpha value is -0.880. The third-order valence-corrected chi connectivity index (χ3v) is 5.76. The minimum atomic E-state index is -3.57. The largest absolute Gasteiger partial charge is 0.272 e. The number of rotatable bonds is 1. The van der Waals surface area contributed by atoms with Crippen LogP contribution in [0.25, 0.3) is 0 Å². The number of aryl methyl sites for hydroxylation is 1. The van der Waals surface area contributed by atoms with Gasteiger partial charge in [0.25, 0.3) is 15.9 Å². The number of halogens is 1. The van der Waals surface area contributed by atoms with Gasteiger partial charge in [-0.15, -0.1) is 0 Å². The van der Waals surface area contributed by atoms with E-state index in [0.29, 0.717) is 5.69 Å². The fraction of sp³-hybridized carbons (Fsp3) is 0.364. The smallest absolute Gasteiger partial charge is 0.263 e. The summed E-state index contributed by atoms with van der Waals surface area (Å²) in [6.07, 6.45) is 0. The first-order valence-electron chi connectivity index (χ1n) is 5.05. The molecule has 1 heterocycles. The molecule has 0 unspecified atom stereocenters. The van der Waals surface area contributed by atoms with Gasteiger partial charge in [-0.05, 0) is 44.5 Å². The van der Waals surface area contributed by atoms with Crippen LogP contribution in [-0.2, 0) is 14.8 Å². The van der Waals surface area contributed by atoms with Crippen LogP contribution in [0.5, 0.6) is 0 Å². The van der Waals surface area contributed by atoms with Gasteiger partial charge in [0.2, 0.25) is 0 Å². The molecule has 0 atom stereocenters. The summed E-state index contributed by atoms with van der Waals surface area (Å²) in [5, 5.41) is 0. The van der Waals surface area contributed by atoms with Crippen molar-refractivity contribution in [3.05, 3.63) is 28.2 Å². The molecule has 0 saturated carbocycles. The number of carbonyl (C=O) groups excluding carboxylic acids is 1. The van der Waals surface area contributed by atoms with Crippen LogP contribution in [0.4, 0.5) is 5.69 Å². The molecule has 6 heteroatoms. The molecule has 0 aliphatic carbocycles. The van der Waals surface area contributed by atoms with Gasteiger partial charge in [-0.2, -0.15) is 0 Å². The van der Waals surface area contributed by atoms with Crippen LogP contribution in [0, 0.1) is 6.92 Å². The third kappa shape index (κ3) is 1.54. The van der Waals surface area contributed by atoms with E-state index in [0.717, 1.165) is 14.3 Å². The maximum Gasteiger partial charge on any atom is 0.263 e.